The van der Waals surface area contributed by atoms with Crippen molar-refractivity contribution in [1.29, 1.82) is 0 Å². The maximum atomic E-state index is 6.27. The number of hydrogen-bond acceptors (Lipinski definition) is 4. The van der Waals surface area contributed by atoms with Gasteiger partial charge in [-0.2, -0.15) is 5.10 Å². The molecule has 0 saturated carbocycles. The Balaban J connectivity index is 2.20. The van der Waals surface area contributed by atoms with Gasteiger partial charge < -0.3 is 10.5 Å². The topological polar surface area (TPSA) is 76.8 Å². The molecule has 3 N–H and O–H groups in total. The predicted octanol–water partition coefficient (Wildman–Crippen LogP) is 0.893. The van der Waals surface area contributed by atoms with Crippen LogP contribution in [0.2, 0.25) is 0 Å². The Morgan fingerprint density at radius 3 is 2.60 bits per heavy atom. The Kier molecular flexibility index (Phi) is 2.75. The summed E-state index contributed by atoms with van der Waals surface area (Å²) in [5.74, 6) is 1.99. The number of ether oxygens (including phenoxy) is 1. The standard InChI is InChI=1S/C10H18N4O/c1-7(2)8-12-9(14-13-8)10(11)3-5-15-6-4-10/h7H,3-6,11H2,1-2H3,(H,12,13,14). The van der Waals surface area contributed by atoms with Crippen LogP contribution >= 0.6 is 0 Å². The summed E-state index contributed by atoms with van der Waals surface area (Å²) >= 11 is 0. The van der Waals surface area contributed by atoms with E-state index in [2.05, 4.69) is 29.0 Å². The first-order chi connectivity index (χ1) is 7.12. The van der Waals surface area contributed by atoms with Gasteiger partial charge in [-0.3, -0.25) is 5.10 Å². The Hall–Kier alpha value is -0.940. The normalized spacial score (nSPS) is 20.8. The van der Waals surface area contributed by atoms with Gasteiger partial charge in [-0.1, -0.05) is 13.8 Å². The smallest absolute Gasteiger partial charge is 0.170 e. The number of hydrogen-bond donors (Lipinski definition) is 2. The van der Waals surface area contributed by atoms with E-state index in [1.54, 1.807) is 0 Å². The zero-order chi connectivity index (χ0) is 10.9. The highest BCUT2D eigenvalue weighted by Gasteiger charge is 2.34. The van der Waals surface area contributed by atoms with Crippen LogP contribution in [-0.4, -0.2) is 28.4 Å². The van der Waals surface area contributed by atoms with E-state index in [0.29, 0.717) is 19.1 Å². The van der Waals surface area contributed by atoms with Gasteiger partial charge in [0.05, 0.1) is 5.54 Å². The first-order valence-corrected chi connectivity index (χ1v) is 5.41. The molecule has 2 heterocycles. The van der Waals surface area contributed by atoms with E-state index in [-0.39, 0.29) is 0 Å². The van der Waals surface area contributed by atoms with E-state index in [1.807, 2.05) is 0 Å². The quantitative estimate of drug-likeness (QED) is 0.760. The summed E-state index contributed by atoms with van der Waals surface area (Å²) in [5, 5.41) is 7.16. The van der Waals surface area contributed by atoms with Gasteiger partial charge >= 0.3 is 0 Å². The van der Waals surface area contributed by atoms with E-state index in [4.69, 9.17) is 10.5 Å². The molecule has 5 nitrogen and oxygen atoms in total. The molecule has 0 unspecified atom stereocenters. The Morgan fingerprint density at radius 1 is 1.40 bits per heavy atom. The van der Waals surface area contributed by atoms with Crippen molar-refractivity contribution in [1.82, 2.24) is 15.2 Å². The van der Waals surface area contributed by atoms with Gasteiger partial charge in [-0.15, -0.1) is 0 Å². The van der Waals surface area contributed by atoms with E-state index in [9.17, 15) is 0 Å². The van der Waals surface area contributed by atoms with Gasteiger partial charge in [0, 0.05) is 19.1 Å². The average Bonchev–Trinajstić information content (AvgIpc) is 2.68. The fourth-order valence-corrected chi connectivity index (χ4v) is 1.71. The lowest BCUT2D eigenvalue weighted by molar-refractivity contribution is 0.0493. The minimum atomic E-state index is -0.401. The highest BCUT2D eigenvalue weighted by molar-refractivity contribution is 5.07. The zero-order valence-corrected chi connectivity index (χ0v) is 9.29. The minimum absolute atomic E-state index is 0.356. The van der Waals surface area contributed by atoms with E-state index >= 15 is 0 Å². The van der Waals surface area contributed by atoms with Gasteiger partial charge in [-0.05, 0) is 12.8 Å². The van der Waals surface area contributed by atoms with Crippen LogP contribution in [0.5, 0.6) is 0 Å². The third-order valence-corrected chi connectivity index (χ3v) is 2.88. The predicted molar refractivity (Wildman–Crippen MR) is 56.4 cm³/mol. The molecular formula is C10H18N4O. The lowest BCUT2D eigenvalue weighted by atomic mass is 9.91. The average molecular weight is 210 g/mol. The Morgan fingerprint density at radius 2 is 2.07 bits per heavy atom. The number of aromatic nitrogens is 3. The maximum absolute atomic E-state index is 6.27. The fourth-order valence-electron chi connectivity index (χ4n) is 1.71. The highest BCUT2D eigenvalue weighted by Crippen LogP contribution is 2.27. The molecule has 0 radical (unpaired) electrons. The van der Waals surface area contributed by atoms with Gasteiger partial charge in [0.2, 0.25) is 0 Å². The minimum Gasteiger partial charge on any atom is -0.381 e. The number of aromatic amines is 1. The molecule has 1 saturated heterocycles. The third kappa shape index (κ3) is 2.03. The van der Waals surface area contributed by atoms with Crippen molar-refractivity contribution in [2.45, 2.75) is 38.1 Å². The van der Waals surface area contributed by atoms with Crippen LogP contribution in [0.15, 0.2) is 0 Å². The van der Waals surface area contributed by atoms with Crippen molar-refractivity contribution in [3.8, 4) is 0 Å². The summed E-state index contributed by atoms with van der Waals surface area (Å²) in [6, 6.07) is 0. The maximum Gasteiger partial charge on any atom is 0.170 e. The van der Waals surface area contributed by atoms with Crippen molar-refractivity contribution in [3.05, 3.63) is 11.6 Å². The third-order valence-electron chi connectivity index (χ3n) is 2.88. The number of nitrogens with two attached hydrogens (primary N) is 1. The second-order valence-corrected chi connectivity index (χ2v) is 4.47. The van der Waals surface area contributed by atoms with Crippen LogP contribution in [0.1, 0.15) is 44.3 Å². The lowest BCUT2D eigenvalue weighted by Crippen LogP contribution is -2.43. The van der Waals surface area contributed by atoms with Crippen molar-refractivity contribution >= 4 is 0 Å². The molecule has 84 valence electrons. The summed E-state index contributed by atoms with van der Waals surface area (Å²) in [6.07, 6.45) is 1.59. The molecule has 1 aliphatic heterocycles. The molecule has 15 heavy (non-hydrogen) atoms. The molecule has 0 atom stereocenters. The number of H-pyrrole nitrogens is 1. The van der Waals surface area contributed by atoms with Crippen LogP contribution < -0.4 is 5.73 Å². The molecule has 0 bridgehead atoms. The van der Waals surface area contributed by atoms with Crippen LogP contribution in [-0.2, 0) is 10.3 Å². The lowest BCUT2D eigenvalue weighted by Gasteiger charge is -2.30. The van der Waals surface area contributed by atoms with E-state index in [1.165, 1.54) is 0 Å². The van der Waals surface area contributed by atoms with Crippen molar-refractivity contribution in [2.75, 3.05) is 13.2 Å². The highest BCUT2D eigenvalue weighted by atomic mass is 16.5. The first-order valence-electron chi connectivity index (χ1n) is 5.41. The molecular weight excluding hydrogens is 192 g/mol. The summed E-state index contributed by atoms with van der Waals surface area (Å²) in [5.41, 5.74) is 5.87. The van der Waals surface area contributed by atoms with Crippen LogP contribution in [0.25, 0.3) is 0 Å². The Labute approximate surface area is 89.4 Å². The van der Waals surface area contributed by atoms with Gasteiger partial charge in [-0.25, -0.2) is 4.98 Å². The molecule has 0 spiro atoms. The van der Waals surface area contributed by atoms with Crippen molar-refractivity contribution < 1.29 is 4.74 Å². The Bertz CT molecular complexity index is 328. The largest absolute Gasteiger partial charge is 0.381 e. The molecule has 0 aromatic carbocycles. The van der Waals surface area contributed by atoms with Gasteiger partial charge in [0.1, 0.15) is 5.82 Å². The zero-order valence-electron chi connectivity index (χ0n) is 9.29. The van der Waals surface area contributed by atoms with Gasteiger partial charge in [0.25, 0.3) is 0 Å². The monoisotopic (exact) mass is 210 g/mol. The second-order valence-electron chi connectivity index (χ2n) is 4.47. The molecule has 0 aliphatic carbocycles. The summed E-state index contributed by atoms with van der Waals surface area (Å²) in [4.78, 5) is 4.46. The van der Waals surface area contributed by atoms with Crippen LogP contribution in [0, 0.1) is 0 Å². The molecule has 1 fully saturated rings. The molecule has 5 heteroatoms. The molecule has 2 rings (SSSR count). The summed E-state index contributed by atoms with van der Waals surface area (Å²) < 4.78 is 5.29. The first kappa shape index (κ1) is 10.6. The van der Waals surface area contributed by atoms with Crippen LogP contribution in [0.3, 0.4) is 0 Å². The SMILES string of the molecule is CC(C)c1nc(C2(N)CCOCC2)n[nH]1. The molecule has 0 amide bonds. The van der Waals surface area contributed by atoms with E-state index in [0.717, 1.165) is 24.5 Å². The second kappa shape index (κ2) is 3.90. The number of rotatable bonds is 2. The molecule has 1 aromatic rings. The van der Waals surface area contributed by atoms with Crippen molar-refractivity contribution in [2.24, 2.45) is 5.73 Å². The van der Waals surface area contributed by atoms with Crippen LogP contribution in [0.4, 0.5) is 0 Å². The number of nitrogens with zero attached hydrogens (tertiary/aromatic N) is 2. The fraction of sp³-hybridized carbons (Fsp3) is 0.800. The van der Waals surface area contributed by atoms with E-state index < -0.39 is 5.54 Å². The molecule has 1 aliphatic rings. The number of nitrogens with one attached hydrogen (secondary N) is 1. The molecule has 1 aromatic heterocycles. The van der Waals surface area contributed by atoms with Crippen molar-refractivity contribution in [3.63, 3.8) is 0 Å². The summed E-state index contributed by atoms with van der Waals surface area (Å²) in [7, 11) is 0. The summed E-state index contributed by atoms with van der Waals surface area (Å²) in [6.45, 7) is 5.55. The van der Waals surface area contributed by atoms with Gasteiger partial charge in [0.15, 0.2) is 5.82 Å².